The minimum absolute atomic E-state index is 0.105. The van der Waals surface area contributed by atoms with Gasteiger partial charge in [-0.3, -0.25) is 4.79 Å². The van der Waals surface area contributed by atoms with E-state index in [1.807, 2.05) is 30.3 Å². The van der Waals surface area contributed by atoms with Crippen molar-refractivity contribution in [1.29, 1.82) is 0 Å². The summed E-state index contributed by atoms with van der Waals surface area (Å²) in [6.45, 7) is 2.97. The summed E-state index contributed by atoms with van der Waals surface area (Å²) in [5.41, 5.74) is 0. The van der Waals surface area contributed by atoms with Gasteiger partial charge >= 0.3 is 5.97 Å². The van der Waals surface area contributed by atoms with Gasteiger partial charge < -0.3 is 9.47 Å². The van der Waals surface area contributed by atoms with E-state index < -0.39 is 0 Å². The maximum absolute atomic E-state index is 11.9. The fraction of sp³-hybridized carbons (Fsp3) is 0.633. The Kier molecular flexibility index (Phi) is 15.2. The molecule has 0 heterocycles. The minimum atomic E-state index is -0.105. The lowest BCUT2D eigenvalue weighted by molar-refractivity contribution is -0.144. The van der Waals surface area contributed by atoms with Crippen LogP contribution in [0.25, 0.3) is 10.8 Å². The molecule has 0 aliphatic heterocycles. The molecular formula is C30H46O3. The van der Waals surface area contributed by atoms with E-state index in [0.29, 0.717) is 19.6 Å². The first-order chi connectivity index (χ1) is 16.3. The van der Waals surface area contributed by atoms with Crippen LogP contribution >= 0.6 is 0 Å². The van der Waals surface area contributed by atoms with Gasteiger partial charge in [-0.1, -0.05) is 133 Å². The molecule has 0 saturated heterocycles. The van der Waals surface area contributed by atoms with Crippen LogP contribution in [0.1, 0.15) is 110 Å². The van der Waals surface area contributed by atoms with Crippen LogP contribution in [0.5, 0.6) is 5.75 Å². The summed E-state index contributed by atoms with van der Waals surface area (Å²) < 4.78 is 11.2. The van der Waals surface area contributed by atoms with Gasteiger partial charge in [0.25, 0.3) is 0 Å². The standard InChI is InChI=1S/C30H46O3/c1-2-3-4-5-6-7-8-9-10-11-12-13-14-15-16-24-30(31)33-26-25-32-29-23-19-21-27-20-17-18-22-28(27)29/h17-23H,2-16,24-26H2,1H3. The minimum Gasteiger partial charge on any atom is -0.489 e. The summed E-state index contributed by atoms with van der Waals surface area (Å²) in [4.78, 5) is 11.9. The number of carbonyl (C=O) groups excluding carboxylic acids is 1. The molecule has 0 amide bonds. The first kappa shape index (κ1) is 27.2. The molecule has 0 radical (unpaired) electrons. The Balaban J connectivity index is 1.35. The highest BCUT2D eigenvalue weighted by atomic mass is 16.6. The Labute approximate surface area is 202 Å². The van der Waals surface area contributed by atoms with Gasteiger partial charge in [0.05, 0.1) is 0 Å². The Bertz CT molecular complexity index is 750. The third-order valence-corrected chi connectivity index (χ3v) is 6.34. The predicted octanol–water partition coefficient (Wildman–Crippen LogP) is 9.02. The zero-order valence-corrected chi connectivity index (χ0v) is 21.0. The summed E-state index contributed by atoms with van der Waals surface area (Å²) in [6, 6.07) is 14.2. The van der Waals surface area contributed by atoms with Gasteiger partial charge in [-0.05, 0) is 17.9 Å². The van der Waals surface area contributed by atoms with Crippen molar-refractivity contribution < 1.29 is 14.3 Å². The van der Waals surface area contributed by atoms with Crippen LogP contribution in [-0.2, 0) is 9.53 Å². The topological polar surface area (TPSA) is 35.5 Å². The van der Waals surface area contributed by atoms with E-state index >= 15 is 0 Å². The fourth-order valence-corrected chi connectivity index (χ4v) is 4.34. The Morgan fingerprint density at radius 3 is 1.82 bits per heavy atom. The number of rotatable bonds is 20. The average molecular weight is 455 g/mol. The van der Waals surface area contributed by atoms with Crippen LogP contribution in [0.4, 0.5) is 0 Å². The summed E-state index contributed by atoms with van der Waals surface area (Å²) in [6.07, 6.45) is 20.5. The SMILES string of the molecule is CCCCCCCCCCCCCCCCCC(=O)OCCOc1cccc2ccccc12. The van der Waals surface area contributed by atoms with Crippen molar-refractivity contribution in [3.63, 3.8) is 0 Å². The van der Waals surface area contributed by atoms with Crippen molar-refractivity contribution >= 4 is 16.7 Å². The maximum atomic E-state index is 11.9. The Morgan fingerprint density at radius 2 is 1.18 bits per heavy atom. The van der Waals surface area contributed by atoms with Gasteiger partial charge in [0.15, 0.2) is 0 Å². The van der Waals surface area contributed by atoms with Gasteiger partial charge in [0.1, 0.15) is 19.0 Å². The van der Waals surface area contributed by atoms with Crippen molar-refractivity contribution in [1.82, 2.24) is 0 Å². The highest BCUT2D eigenvalue weighted by molar-refractivity contribution is 5.88. The third-order valence-electron chi connectivity index (χ3n) is 6.34. The molecule has 0 atom stereocenters. The van der Waals surface area contributed by atoms with Crippen LogP contribution in [0, 0.1) is 0 Å². The van der Waals surface area contributed by atoms with E-state index in [1.165, 1.54) is 83.5 Å². The third kappa shape index (κ3) is 12.7. The number of esters is 1. The van der Waals surface area contributed by atoms with Gasteiger partial charge in [-0.2, -0.15) is 0 Å². The van der Waals surface area contributed by atoms with Crippen LogP contribution in [0.2, 0.25) is 0 Å². The first-order valence-corrected chi connectivity index (χ1v) is 13.6. The molecule has 2 aromatic rings. The quantitative estimate of drug-likeness (QED) is 0.148. The molecule has 0 aliphatic rings. The molecule has 0 unspecified atom stereocenters. The van der Waals surface area contributed by atoms with E-state index in [4.69, 9.17) is 9.47 Å². The smallest absolute Gasteiger partial charge is 0.305 e. The van der Waals surface area contributed by atoms with E-state index in [2.05, 4.69) is 19.1 Å². The van der Waals surface area contributed by atoms with Gasteiger partial charge in [0.2, 0.25) is 0 Å². The lowest BCUT2D eigenvalue weighted by Crippen LogP contribution is -2.12. The zero-order valence-electron chi connectivity index (χ0n) is 21.0. The molecule has 184 valence electrons. The lowest BCUT2D eigenvalue weighted by Gasteiger charge is -2.10. The molecule has 0 aromatic heterocycles. The van der Waals surface area contributed by atoms with Crippen molar-refractivity contribution in [3.05, 3.63) is 42.5 Å². The van der Waals surface area contributed by atoms with E-state index in [-0.39, 0.29) is 5.97 Å². The monoisotopic (exact) mass is 454 g/mol. The lowest BCUT2D eigenvalue weighted by atomic mass is 10.0. The molecule has 0 fully saturated rings. The number of hydrogen-bond acceptors (Lipinski definition) is 3. The largest absolute Gasteiger partial charge is 0.489 e. The first-order valence-electron chi connectivity index (χ1n) is 13.6. The number of hydrogen-bond donors (Lipinski definition) is 0. The molecule has 2 rings (SSSR count). The zero-order chi connectivity index (χ0) is 23.4. The predicted molar refractivity (Wildman–Crippen MR) is 140 cm³/mol. The second-order valence-corrected chi connectivity index (χ2v) is 9.25. The van der Waals surface area contributed by atoms with Crippen molar-refractivity contribution in [2.45, 2.75) is 110 Å². The van der Waals surface area contributed by atoms with Crippen molar-refractivity contribution in [2.75, 3.05) is 13.2 Å². The molecule has 3 nitrogen and oxygen atoms in total. The number of fused-ring (bicyclic) bond motifs is 1. The highest BCUT2D eigenvalue weighted by Crippen LogP contribution is 2.25. The van der Waals surface area contributed by atoms with Crippen LogP contribution in [0.3, 0.4) is 0 Å². The number of benzene rings is 2. The summed E-state index contributed by atoms with van der Waals surface area (Å²) in [5.74, 6) is 0.734. The van der Waals surface area contributed by atoms with Crippen molar-refractivity contribution in [2.24, 2.45) is 0 Å². The second kappa shape index (κ2) is 18.4. The Hall–Kier alpha value is -2.03. The molecular weight excluding hydrogens is 408 g/mol. The van der Waals surface area contributed by atoms with E-state index in [9.17, 15) is 4.79 Å². The maximum Gasteiger partial charge on any atom is 0.305 e. The summed E-state index contributed by atoms with van der Waals surface area (Å²) >= 11 is 0. The molecule has 3 heteroatoms. The number of ether oxygens (including phenoxy) is 2. The molecule has 0 aliphatic carbocycles. The van der Waals surface area contributed by atoms with Crippen molar-refractivity contribution in [3.8, 4) is 5.75 Å². The highest BCUT2D eigenvalue weighted by Gasteiger charge is 2.04. The van der Waals surface area contributed by atoms with E-state index in [0.717, 1.165) is 29.4 Å². The van der Waals surface area contributed by atoms with E-state index in [1.54, 1.807) is 0 Å². The second-order valence-electron chi connectivity index (χ2n) is 9.25. The molecule has 0 spiro atoms. The normalized spacial score (nSPS) is 11.1. The summed E-state index contributed by atoms with van der Waals surface area (Å²) in [7, 11) is 0. The molecule has 33 heavy (non-hydrogen) atoms. The Morgan fingerprint density at radius 1 is 0.636 bits per heavy atom. The molecule has 2 aromatic carbocycles. The van der Waals surface area contributed by atoms with Gasteiger partial charge in [-0.15, -0.1) is 0 Å². The molecule has 0 N–H and O–H groups in total. The van der Waals surface area contributed by atoms with Crippen LogP contribution in [0.15, 0.2) is 42.5 Å². The number of carbonyl (C=O) groups is 1. The fourth-order valence-electron chi connectivity index (χ4n) is 4.34. The van der Waals surface area contributed by atoms with Gasteiger partial charge in [-0.25, -0.2) is 0 Å². The number of unbranched alkanes of at least 4 members (excludes halogenated alkanes) is 14. The molecule has 0 bridgehead atoms. The van der Waals surface area contributed by atoms with Crippen LogP contribution in [-0.4, -0.2) is 19.2 Å². The van der Waals surface area contributed by atoms with Crippen LogP contribution < -0.4 is 4.74 Å². The average Bonchev–Trinajstić information content (AvgIpc) is 2.84. The van der Waals surface area contributed by atoms with Gasteiger partial charge in [0, 0.05) is 11.8 Å². The molecule has 0 saturated carbocycles. The summed E-state index contributed by atoms with van der Waals surface area (Å²) in [5, 5.41) is 2.24.